The van der Waals surface area contributed by atoms with E-state index < -0.39 is 10.0 Å². The van der Waals surface area contributed by atoms with Crippen molar-refractivity contribution in [2.75, 3.05) is 12.3 Å². The summed E-state index contributed by atoms with van der Waals surface area (Å²) < 4.78 is 27.1. The summed E-state index contributed by atoms with van der Waals surface area (Å²) in [5.41, 5.74) is 7.08. The molecular weight excluding hydrogens is 331 g/mol. The van der Waals surface area contributed by atoms with Crippen LogP contribution in [0.2, 0.25) is 10.0 Å². The predicted molar refractivity (Wildman–Crippen MR) is 87.2 cm³/mol. The number of rotatable bonds is 5. The molecule has 1 aliphatic rings. The number of anilines is 1. The fraction of sp³-hybridized carbons (Fsp3) is 0.429. The zero-order chi connectivity index (χ0) is 15.5. The number of allylic oxidation sites excluding steroid dienone is 1. The zero-order valence-electron chi connectivity index (χ0n) is 11.5. The van der Waals surface area contributed by atoms with Crippen LogP contribution in [-0.4, -0.2) is 15.0 Å². The maximum Gasteiger partial charge on any atom is 0.244 e. The molecule has 116 valence electrons. The lowest BCUT2D eigenvalue weighted by atomic mass is 9.97. The van der Waals surface area contributed by atoms with Crippen LogP contribution in [0.4, 0.5) is 5.69 Å². The minimum absolute atomic E-state index is 0.0318. The summed E-state index contributed by atoms with van der Waals surface area (Å²) in [6.07, 6.45) is 7.43. The Morgan fingerprint density at radius 3 is 2.62 bits per heavy atom. The molecule has 0 saturated carbocycles. The Bertz CT molecular complexity index is 634. The van der Waals surface area contributed by atoms with Gasteiger partial charge in [0.05, 0.1) is 10.7 Å². The predicted octanol–water partition coefficient (Wildman–Crippen LogP) is 3.74. The molecule has 0 heterocycles. The Morgan fingerprint density at radius 2 is 2.00 bits per heavy atom. The van der Waals surface area contributed by atoms with Gasteiger partial charge in [-0.3, -0.25) is 0 Å². The molecule has 1 aromatic rings. The maximum atomic E-state index is 12.3. The number of hydrogen-bond acceptors (Lipinski definition) is 3. The van der Waals surface area contributed by atoms with E-state index in [0.717, 1.165) is 12.8 Å². The van der Waals surface area contributed by atoms with Crippen LogP contribution < -0.4 is 10.5 Å². The lowest BCUT2D eigenvalue weighted by Crippen LogP contribution is -2.26. The first kappa shape index (κ1) is 16.6. The summed E-state index contributed by atoms with van der Waals surface area (Å²) in [5, 5.41) is 0.341. The second-order valence-electron chi connectivity index (χ2n) is 5.06. The monoisotopic (exact) mass is 348 g/mol. The van der Waals surface area contributed by atoms with E-state index in [1.165, 1.54) is 30.5 Å². The fourth-order valence-corrected chi connectivity index (χ4v) is 4.43. The third kappa shape index (κ3) is 4.36. The van der Waals surface area contributed by atoms with Gasteiger partial charge in [0.15, 0.2) is 0 Å². The van der Waals surface area contributed by atoms with Crippen molar-refractivity contribution in [2.24, 2.45) is 0 Å². The third-order valence-corrected chi connectivity index (χ3v) is 5.63. The van der Waals surface area contributed by atoms with Crippen LogP contribution in [0, 0.1) is 0 Å². The van der Waals surface area contributed by atoms with E-state index in [2.05, 4.69) is 10.8 Å². The number of benzene rings is 1. The second-order valence-corrected chi connectivity index (χ2v) is 7.61. The third-order valence-electron chi connectivity index (χ3n) is 3.43. The molecule has 0 amide bonds. The first-order chi connectivity index (χ1) is 9.90. The largest absolute Gasteiger partial charge is 0.398 e. The molecular formula is C14H18Cl2N2O2S. The molecule has 0 atom stereocenters. The zero-order valence-corrected chi connectivity index (χ0v) is 13.9. The average Bonchev–Trinajstić information content (AvgIpc) is 2.38. The van der Waals surface area contributed by atoms with E-state index in [9.17, 15) is 8.42 Å². The normalized spacial score (nSPS) is 15.8. The van der Waals surface area contributed by atoms with E-state index in [4.69, 9.17) is 28.9 Å². The molecule has 2 rings (SSSR count). The van der Waals surface area contributed by atoms with Gasteiger partial charge in [-0.15, -0.1) is 0 Å². The van der Waals surface area contributed by atoms with Gasteiger partial charge in [0.2, 0.25) is 10.0 Å². The lowest BCUT2D eigenvalue weighted by Gasteiger charge is -2.14. The van der Waals surface area contributed by atoms with Crippen LogP contribution in [-0.2, 0) is 10.0 Å². The summed E-state index contributed by atoms with van der Waals surface area (Å²) in [6.45, 7) is 0.340. The van der Waals surface area contributed by atoms with Gasteiger partial charge in [-0.1, -0.05) is 34.9 Å². The molecule has 0 aliphatic heterocycles. The number of nitrogens with one attached hydrogen (secondary N) is 1. The minimum Gasteiger partial charge on any atom is -0.398 e. The molecule has 0 fully saturated rings. The molecule has 0 saturated heterocycles. The average molecular weight is 349 g/mol. The molecule has 3 N–H and O–H groups in total. The molecule has 21 heavy (non-hydrogen) atoms. The Hall–Kier alpha value is -0.750. The van der Waals surface area contributed by atoms with Gasteiger partial charge in [0, 0.05) is 11.6 Å². The fourth-order valence-electron chi connectivity index (χ4n) is 2.41. The first-order valence-corrected chi connectivity index (χ1v) is 9.06. The van der Waals surface area contributed by atoms with Crippen molar-refractivity contribution in [2.45, 2.75) is 37.0 Å². The number of sulfonamides is 1. The van der Waals surface area contributed by atoms with Crippen molar-refractivity contribution in [3.63, 3.8) is 0 Å². The Morgan fingerprint density at radius 1 is 1.24 bits per heavy atom. The smallest absolute Gasteiger partial charge is 0.244 e. The van der Waals surface area contributed by atoms with E-state index in [1.54, 1.807) is 0 Å². The van der Waals surface area contributed by atoms with E-state index >= 15 is 0 Å². The molecule has 4 nitrogen and oxygen atoms in total. The van der Waals surface area contributed by atoms with Crippen molar-refractivity contribution in [3.8, 4) is 0 Å². The van der Waals surface area contributed by atoms with Gasteiger partial charge in [0.1, 0.15) is 4.90 Å². The van der Waals surface area contributed by atoms with Crippen LogP contribution in [0.1, 0.15) is 32.1 Å². The van der Waals surface area contributed by atoms with Crippen molar-refractivity contribution in [3.05, 3.63) is 33.8 Å². The van der Waals surface area contributed by atoms with E-state index in [0.29, 0.717) is 18.0 Å². The second kappa shape index (κ2) is 7.01. The standard InChI is InChI=1S/C14H18Cl2N2O2S/c15-11-8-12(16)14(13(17)9-11)21(19,20)18-7-6-10-4-2-1-3-5-10/h4,8-9,18H,1-3,5-7,17H2. The molecule has 1 aliphatic carbocycles. The Balaban J connectivity index is 2.07. The van der Waals surface area contributed by atoms with Crippen molar-refractivity contribution in [1.29, 1.82) is 0 Å². The molecule has 1 aromatic carbocycles. The van der Waals surface area contributed by atoms with Crippen LogP contribution in [0.25, 0.3) is 0 Å². The van der Waals surface area contributed by atoms with Crippen molar-refractivity contribution in [1.82, 2.24) is 4.72 Å². The molecule has 0 radical (unpaired) electrons. The van der Waals surface area contributed by atoms with E-state index in [1.807, 2.05) is 0 Å². The summed E-state index contributed by atoms with van der Waals surface area (Å²) in [7, 11) is -3.73. The highest BCUT2D eigenvalue weighted by Crippen LogP contribution is 2.31. The summed E-state index contributed by atoms with van der Waals surface area (Å²) in [6, 6.07) is 2.75. The van der Waals surface area contributed by atoms with Gasteiger partial charge >= 0.3 is 0 Å². The summed E-state index contributed by atoms with van der Waals surface area (Å²) in [5.74, 6) is 0. The molecule has 0 bridgehead atoms. The number of nitrogen functional groups attached to an aromatic ring is 1. The quantitative estimate of drug-likeness (QED) is 0.628. The topological polar surface area (TPSA) is 72.2 Å². The number of halogens is 2. The van der Waals surface area contributed by atoms with Gasteiger partial charge in [-0.25, -0.2) is 13.1 Å². The van der Waals surface area contributed by atoms with Crippen LogP contribution >= 0.6 is 23.2 Å². The van der Waals surface area contributed by atoms with Crippen LogP contribution in [0.5, 0.6) is 0 Å². The molecule has 0 aromatic heterocycles. The SMILES string of the molecule is Nc1cc(Cl)cc(Cl)c1S(=O)(=O)NCCC1=CCCCC1. The highest BCUT2D eigenvalue weighted by molar-refractivity contribution is 7.89. The van der Waals surface area contributed by atoms with Crippen molar-refractivity contribution < 1.29 is 8.42 Å². The van der Waals surface area contributed by atoms with Gasteiger partial charge in [0.25, 0.3) is 0 Å². The molecule has 0 unspecified atom stereocenters. The molecule has 7 heteroatoms. The number of nitrogens with two attached hydrogens (primary N) is 1. The van der Waals surface area contributed by atoms with Gasteiger partial charge < -0.3 is 5.73 Å². The summed E-state index contributed by atoms with van der Waals surface area (Å²) in [4.78, 5) is -0.105. The van der Waals surface area contributed by atoms with E-state index in [-0.39, 0.29) is 15.6 Å². The highest BCUT2D eigenvalue weighted by Gasteiger charge is 2.21. The number of hydrogen-bond donors (Lipinski definition) is 2. The van der Waals surface area contributed by atoms with Gasteiger partial charge in [-0.05, 0) is 44.2 Å². The minimum atomic E-state index is -3.73. The lowest BCUT2D eigenvalue weighted by molar-refractivity contribution is 0.580. The molecule has 0 spiro atoms. The first-order valence-electron chi connectivity index (χ1n) is 6.82. The van der Waals surface area contributed by atoms with Crippen molar-refractivity contribution >= 4 is 38.9 Å². The van der Waals surface area contributed by atoms with Crippen LogP contribution in [0.15, 0.2) is 28.7 Å². The summed E-state index contributed by atoms with van der Waals surface area (Å²) >= 11 is 11.7. The Kier molecular flexibility index (Phi) is 5.54. The van der Waals surface area contributed by atoms with Crippen LogP contribution in [0.3, 0.4) is 0 Å². The maximum absolute atomic E-state index is 12.3. The highest BCUT2D eigenvalue weighted by atomic mass is 35.5. The van der Waals surface area contributed by atoms with Gasteiger partial charge in [-0.2, -0.15) is 0 Å². The Labute approximate surface area is 135 Å².